The van der Waals surface area contributed by atoms with Crippen molar-refractivity contribution in [1.29, 1.82) is 0 Å². The summed E-state index contributed by atoms with van der Waals surface area (Å²) < 4.78 is 0. The van der Waals surface area contributed by atoms with Crippen LogP contribution in [0.2, 0.25) is 0 Å². The number of Topliss-reactive ketones (excluding diaryl/α,β-unsaturated/α-hetero) is 1. The number of hydrogen-bond donors (Lipinski definition) is 2. The minimum Gasteiger partial charge on any atom is -0.352 e. The van der Waals surface area contributed by atoms with Crippen LogP contribution in [0.1, 0.15) is 44.5 Å². The summed E-state index contributed by atoms with van der Waals surface area (Å²) in [7, 11) is 0. The SMILES string of the molecule is C[C@@H](CC(=O)c1ccccc1)NC(=O)CNC(=O)C(C)(C)C. The molecule has 22 heavy (non-hydrogen) atoms. The molecule has 120 valence electrons. The lowest BCUT2D eigenvalue weighted by molar-refractivity contribution is -0.131. The van der Waals surface area contributed by atoms with Gasteiger partial charge in [0.2, 0.25) is 11.8 Å². The molecule has 0 spiro atoms. The van der Waals surface area contributed by atoms with Gasteiger partial charge in [0.15, 0.2) is 5.78 Å². The van der Waals surface area contributed by atoms with Gasteiger partial charge in [-0.1, -0.05) is 51.1 Å². The summed E-state index contributed by atoms with van der Waals surface area (Å²) in [6.07, 6.45) is 0.225. The van der Waals surface area contributed by atoms with Crippen LogP contribution in [0.15, 0.2) is 30.3 Å². The van der Waals surface area contributed by atoms with E-state index in [-0.39, 0.29) is 36.6 Å². The lowest BCUT2D eigenvalue weighted by Crippen LogP contribution is -2.44. The minimum absolute atomic E-state index is 0.0212. The lowest BCUT2D eigenvalue weighted by Gasteiger charge is -2.18. The predicted octanol–water partition coefficient (Wildman–Crippen LogP) is 1.93. The van der Waals surface area contributed by atoms with Crippen LogP contribution >= 0.6 is 0 Å². The fourth-order valence-electron chi connectivity index (χ4n) is 1.82. The second kappa shape index (κ2) is 7.73. The van der Waals surface area contributed by atoms with Crippen molar-refractivity contribution in [2.24, 2.45) is 5.41 Å². The van der Waals surface area contributed by atoms with Gasteiger partial charge in [-0.2, -0.15) is 0 Å². The number of rotatable bonds is 6. The Morgan fingerprint density at radius 3 is 2.23 bits per heavy atom. The smallest absolute Gasteiger partial charge is 0.239 e. The summed E-state index contributed by atoms with van der Waals surface area (Å²) in [4.78, 5) is 35.5. The monoisotopic (exact) mass is 304 g/mol. The minimum atomic E-state index is -0.533. The fourth-order valence-corrected chi connectivity index (χ4v) is 1.82. The summed E-state index contributed by atoms with van der Waals surface area (Å²) in [5.74, 6) is -0.506. The second-order valence-electron chi connectivity index (χ2n) is 6.39. The molecule has 0 bridgehead atoms. The number of carbonyl (C=O) groups excluding carboxylic acids is 3. The van der Waals surface area contributed by atoms with Crippen molar-refractivity contribution in [3.63, 3.8) is 0 Å². The summed E-state index contributed by atoms with van der Waals surface area (Å²) in [6.45, 7) is 7.02. The molecule has 0 aliphatic carbocycles. The van der Waals surface area contributed by atoms with Crippen LogP contribution in [0, 0.1) is 5.41 Å². The van der Waals surface area contributed by atoms with E-state index in [4.69, 9.17) is 0 Å². The Morgan fingerprint density at radius 2 is 1.68 bits per heavy atom. The Morgan fingerprint density at radius 1 is 1.09 bits per heavy atom. The van der Waals surface area contributed by atoms with Crippen molar-refractivity contribution in [3.05, 3.63) is 35.9 Å². The summed E-state index contributed by atoms with van der Waals surface area (Å²) >= 11 is 0. The molecule has 0 aromatic heterocycles. The van der Waals surface area contributed by atoms with Crippen molar-refractivity contribution in [3.8, 4) is 0 Å². The zero-order valence-electron chi connectivity index (χ0n) is 13.6. The predicted molar refractivity (Wildman–Crippen MR) is 85.5 cm³/mol. The molecule has 1 atom stereocenters. The van der Waals surface area contributed by atoms with Crippen LogP contribution < -0.4 is 10.6 Å². The summed E-state index contributed by atoms with van der Waals surface area (Å²) in [5, 5.41) is 5.29. The van der Waals surface area contributed by atoms with Gasteiger partial charge in [0, 0.05) is 23.4 Å². The van der Waals surface area contributed by atoms with E-state index < -0.39 is 5.41 Å². The number of benzene rings is 1. The maximum absolute atomic E-state index is 12.0. The van der Waals surface area contributed by atoms with Gasteiger partial charge < -0.3 is 10.6 Å². The van der Waals surface area contributed by atoms with Gasteiger partial charge >= 0.3 is 0 Å². The van der Waals surface area contributed by atoms with Gasteiger partial charge in [0.25, 0.3) is 0 Å². The lowest BCUT2D eigenvalue weighted by atomic mass is 9.96. The van der Waals surface area contributed by atoms with Crippen molar-refractivity contribution in [2.75, 3.05) is 6.54 Å². The molecule has 2 amide bonds. The standard InChI is InChI=1S/C17H24N2O3/c1-12(10-14(20)13-8-6-5-7-9-13)19-15(21)11-18-16(22)17(2,3)4/h5-9,12H,10-11H2,1-4H3,(H,18,22)(H,19,21)/t12-/m0/s1. The average Bonchev–Trinajstić information content (AvgIpc) is 2.44. The van der Waals surface area contributed by atoms with Crippen molar-refractivity contribution in [2.45, 2.75) is 40.2 Å². The third-order valence-electron chi connectivity index (χ3n) is 3.09. The average molecular weight is 304 g/mol. The summed E-state index contributed by atoms with van der Waals surface area (Å²) in [5.41, 5.74) is 0.0967. The van der Waals surface area contributed by atoms with Gasteiger partial charge in [-0.05, 0) is 6.92 Å². The third-order valence-corrected chi connectivity index (χ3v) is 3.09. The second-order valence-corrected chi connectivity index (χ2v) is 6.39. The summed E-state index contributed by atoms with van der Waals surface area (Å²) in [6, 6.07) is 8.67. The molecule has 0 saturated heterocycles. The highest BCUT2D eigenvalue weighted by molar-refractivity contribution is 5.96. The van der Waals surface area contributed by atoms with Crippen LogP contribution in [0.5, 0.6) is 0 Å². The van der Waals surface area contributed by atoms with Crippen LogP contribution in [0.3, 0.4) is 0 Å². The van der Waals surface area contributed by atoms with E-state index in [0.29, 0.717) is 5.56 Å². The highest BCUT2D eigenvalue weighted by Crippen LogP contribution is 2.12. The molecule has 0 radical (unpaired) electrons. The van der Waals surface area contributed by atoms with Gasteiger partial charge in [-0.15, -0.1) is 0 Å². The highest BCUT2D eigenvalue weighted by atomic mass is 16.2. The first-order chi connectivity index (χ1) is 10.2. The molecule has 5 heteroatoms. The van der Waals surface area contributed by atoms with E-state index in [1.54, 1.807) is 52.0 Å². The van der Waals surface area contributed by atoms with Crippen LogP contribution in [-0.4, -0.2) is 30.2 Å². The Balaban J connectivity index is 2.39. The molecule has 0 unspecified atom stereocenters. The molecule has 1 rings (SSSR count). The zero-order chi connectivity index (χ0) is 16.8. The van der Waals surface area contributed by atoms with Crippen molar-refractivity contribution < 1.29 is 14.4 Å². The van der Waals surface area contributed by atoms with E-state index in [2.05, 4.69) is 10.6 Å². The van der Waals surface area contributed by atoms with E-state index in [1.807, 2.05) is 6.07 Å². The Kier molecular flexibility index (Phi) is 6.28. The number of amides is 2. The topological polar surface area (TPSA) is 75.3 Å². The van der Waals surface area contributed by atoms with E-state index in [1.165, 1.54) is 0 Å². The normalized spacial score (nSPS) is 12.4. The van der Waals surface area contributed by atoms with Gasteiger partial charge in [-0.3, -0.25) is 14.4 Å². The number of carbonyl (C=O) groups is 3. The Bertz CT molecular complexity index is 533. The molecule has 1 aromatic rings. The zero-order valence-corrected chi connectivity index (χ0v) is 13.6. The molecular weight excluding hydrogens is 280 g/mol. The number of ketones is 1. The molecule has 0 heterocycles. The quantitative estimate of drug-likeness (QED) is 0.789. The number of hydrogen-bond acceptors (Lipinski definition) is 3. The third kappa shape index (κ3) is 6.08. The van der Waals surface area contributed by atoms with Crippen LogP contribution in [-0.2, 0) is 9.59 Å². The van der Waals surface area contributed by atoms with E-state index >= 15 is 0 Å². The van der Waals surface area contributed by atoms with Gasteiger partial charge in [0.1, 0.15) is 0 Å². The molecule has 0 saturated carbocycles. The van der Waals surface area contributed by atoms with E-state index in [0.717, 1.165) is 0 Å². The first-order valence-corrected chi connectivity index (χ1v) is 7.36. The maximum Gasteiger partial charge on any atom is 0.239 e. The van der Waals surface area contributed by atoms with Gasteiger partial charge in [-0.25, -0.2) is 0 Å². The van der Waals surface area contributed by atoms with Crippen molar-refractivity contribution >= 4 is 17.6 Å². The van der Waals surface area contributed by atoms with E-state index in [9.17, 15) is 14.4 Å². The molecule has 2 N–H and O–H groups in total. The van der Waals surface area contributed by atoms with Gasteiger partial charge in [0.05, 0.1) is 6.54 Å². The highest BCUT2D eigenvalue weighted by Gasteiger charge is 2.21. The molecule has 0 aliphatic rings. The van der Waals surface area contributed by atoms with Crippen LogP contribution in [0.25, 0.3) is 0 Å². The Hall–Kier alpha value is -2.17. The fraction of sp³-hybridized carbons (Fsp3) is 0.471. The molecule has 0 aliphatic heterocycles. The molecule has 0 fully saturated rings. The van der Waals surface area contributed by atoms with Crippen LogP contribution in [0.4, 0.5) is 0 Å². The first-order valence-electron chi connectivity index (χ1n) is 7.36. The molecule has 5 nitrogen and oxygen atoms in total. The molecule has 1 aromatic carbocycles. The first kappa shape index (κ1) is 17.9. The largest absolute Gasteiger partial charge is 0.352 e. The molecular formula is C17H24N2O3. The maximum atomic E-state index is 12.0. The van der Waals surface area contributed by atoms with Crippen molar-refractivity contribution in [1.82, 2.24) is 10.6 Å². The number of nitrogens with one attached hydrogen (secondary N) is 2. The Labute approximate surface area is 131 Å².